The van der Waals surface area contributed by atoms with Crippen LogP contribution in [0.25, 0.3) is 11.5 Å². The minimum Gasteiger partial charge on any atom is -0.846 e. The molecule has 10 heteroatoms. The number of hydrogen-bond donors (Lipinski definition) is 3. The number of carboxylic acids is 1. The van der Waals surface area contributed by atoms with E-state index in [9.17, 15) is 19.8 Å². The molecule has 0 saturated heterocycles. The fraction of sp³-hybridized carbons (Fsp3) is 0.833. The van der Waals surface area contributed by atoms with E-state index in [0.717, 1.165) is 12.8 Å². The van der Waals surface area contributed by atoms with Gasteiger partial charge in [0.25, 0.3) is 0 Å². The van der Waals surface area contributed by atoms with Crippen LogP contribution in [-0.4, -0.2) is 64.1 Å². The second kappa shape index (κ2) is 12.1. The zero-order chi connectivity index (χ0) is 16.6. The summed E-state index contributed by atoms with van der Waals surface area (Å²) in [6.07, 6.45) is -4.90. The molecule has 6 unspecified atom stereocenters. The Kier molecular flexibility index (Phi) is 13.1. The fourth-order valence-electron chi connectivity index (χ4n) is 1.73. The molecule has 130 valence electrons. The molecule has 9 nitrogen and oxygen atoms in total. The van der Waals surface area contributed by atoms with Crippen molar-refractivity contribution < 1.29 is 56.2 Å². The summed E-state index contributed by atoms with van der Waals surface area (Å²) < 4.78 is 0. The molecule has 1 aliphatic carbocycles. The Morgan fingerprint density at radius 1 is 1.09 bits per heavy atom. The number of aliphatic hydroxyl groups is 3. The van der Waals surface area contributed by atoms with E-state index in [4.69, 9.17) is 26.8 Å². The van der Waals surface area contributed by atoms with Gasteiger partial charge >= 0.3 is 21.1 Å². The first-order valence-corrected chi connectivity index (χ1v) is 6.50. The molecule has 0 aromatic carbocycles. The summed E-state index contributed by atoms with van der Waals surface area (Å²) in [5.74, 6) is -2.12. The zero-order valence-electron chi connectivity index (χ0n) is 11.7. The first-order valence-electron chi connectivity index (χ1n) is 6.50. The van der Waals surface area contributed by atoms with Crippen LogP contribution in [0.15, 0.2) is 0 Å². The van der Waals surface area contributed by atoms with Crippen molar-refractivity contribution in [3.05, 3.63) is 11.5 Å². The van der Waals surface area contributed by atoms with Crippen molar-refractivity contribution in [3.63, 3.8) is 0 Å². The van der Waals surface area contributed by atoms with Crippen LogP contribution < -0.4 is 10.2 Å². The Labute approximate surface area is 142 Å². The summed E-state index contributed by atoms with van der Waals surface area (Å²) in [6.45, 7) is 0. The Morgan fingerprint density at radius 2 is 1.50 bits per heavy atom. The number of carbonyl (C=O) groups excluding carboxylic acids is 2. The number of carbonyl (C=O) groups is 2. The largest absolute Gasteiger partial charge is 4.00 e. The average molecular weight is 499 g/mol. The van der Waals surface area contributed by atoms with Gasteiger partial charge in [0.15, 0.2) is 6.29 Å². The van der Waals surface area contributed by atoms with E-state index in [0.29, 0.717) is 0 Å². The van der Waals surface area contributed by atoms with Crippen molar-refractivity contribution in [2.75, 3.05) is 0 Å². The molecular formula is C12H20N2O7Pt. The van der Waals surface area contributed by atoms with Crippen LogP contribution in [0.1, 0.15) is 25.7 Å². The molecule has 1 saturated carbocycles. The molecule has 0 aromatic heterocycles. The van der Waals surface area contributed by atoms with Crippen LogP contribution in [0.4, 0.5) is 0 Å². The maximum Gasteiger partial charge on any atom is 4.00 e. The molecule has 0 amide bonds. The third kappa shape index (κ3) is 8.28. The van der Waals surface area contributed by atoms with Crippen LogP contribution >= 0.6 is 0 Å². The maximum atomic E-state index is 10.5. The van der Waals surface area contributed by atoms with Gasteiger partial charge in [-0.15, -0.1) is 0 Å². The molecule has 1 rings (SSSR count). The smallest absolute Gasteiger partial charge is 0.846 e. The van der Waals surface area contributed by atoms with Crippen LogP contribution in [0.3, 0.4) is 0 Å². The SMILES string of the molecule is O=CC(O)C(O)C(O)C([O-])C(=O)[O-].[NH-]C1CCCCC1[NH-].[Pt+4]. The van der Waals surface area contributed by atoms with Gasteiger partial charge in [0, 0.05) is 5.97 Å². The number of nitrogens with one attached hydrogen (secondary N) is 2. The van der Waals surface area contributed by atoms with E-state index in [1.165, 1.54) is 12.8 Å². The zero-order valence-corrected chi connectivity index (χ0v) is 13.9. The van der Waals surface area contributed by atoms with Crippen molar-refractivity contribution in [3.8, 4) is 0 Å². The van der Waals surface area contributed by atoms with Gasteiger partial charge in [-0.3, -0.25) is 0 Å². The summed E-state index contributed by atoms with van der Waals surface area (Å²) in [5.41, 5.74) is 14.6. The fourth-order valence-corrected chi connectivity index (χ4v) is 1.73. The standard InChI is InChI=1S/C6H12N2.C6H9O7.Pt/c7-5-3-1-2-4-6(5)8;7-1-2(8)3(9)4(10)5(11)6(12)13;/h5-8H,1-4H2;1-5,8-10H,(H,12,13);/q-2;-1;+4/p-1. The van der Waals surface area contributed by atoms with Crippen molar-refractivity contribution >= 4 is 12.3 Å². The van der Waals surface area contributed by atoms with Crippen molar-refractivity contribution in [1.29, 1.82) is 0 Å². The van der Waals surface area contributed by atoms with Gasteiger partial charge in [0.2, 0.25) is 0 Å². The first-order chi connectivity index (χ1) is 9.72. The van der Waals surface area contributed by atoms with Gasteiger partial charge in [-0.1, -0.05) is 31.8 Å². The van der Waals surface area contributed by atoms with E-state index in [1.807, 2.05) is 0 Å². The third-order valence-corrected chi connectivity index (χ3v) is 3.15. The molecule has 5 N–H and O–H groups in total. The molecule has 0 aromatic rings. The number of hydrogen-bond acceptors (Lipinski definition) is 7. The molecule has 0 radical (unpaired) electrons. The summed E-state index contributed by atoms with van der Waals surface area (Å²) in [5, 5.41) is 46.5. The van der Waals surface area contributed by atoms with Crippen molar-refractivity contribution in [2.45, 2.75) is 62.2 Å². The summed E-state index contributed by atoms with van der Waals surface area (Å²) in [4.78, 5) is 19.7. The van der Waals surface area contributed by atoms with E-state index in [-0.39, 0.29) is 39.4 Å². The Bertz CT molecular complexity index is 325. The second-order valence-corrected chi connectivity index (χ2v) is 4.84. The predicted octanol–water partition coefficient (Wildman–Crippen LogP) is -2.85. The van der Waals surface area contributed by atoms with E-state index < -0.39 is 30.4 Å². The molecule has 22 heavy (non-hydrogen) atoms. The van der Waals surface area contributed by atoms with Gasteiger partial charge in [-0.2, -0.15) is 12.1 Å². The number of aliphatic hydroxyl groups excluding tert-OH is 3. The molecule has 1 aliphatic rings. The Balaban J connectivity index is 0. The normalized spacial score (nSPS) is 26.3. The number of aliphatic carboxylic acids is 1. The molecule has 0 spiro atoms. The Morgan fingerprint density at radius 3 is 1.77 bits per heavy atom. The third-order valence-electron chi connectivity index (χ3n) is 3.15. The average Bonchev–Trinajstić information content (AvgIpc) is 2.47. The minimum absolute atomic E-state index is 0. The van der Waals surface area contributed by atoms with Gasteiger partial charge in [-0.25, -0.2) is 0 Å². The van der Waals surface area contributed by atoms with Crippen molar-refractivity contribution in [2.24, 2.45) is 0 Å². The molecule has 0 bridgehead atoms. The quantitative estimate of drug-likeness (QED) is 0.339. The van der Waals surface area contributed by atoms with Crippen LogP contribution in [0.5, 0.6) is 0 Å². The van der Waals surface area contributed by atoms with Crippen LogP contribution in [0, 0.1) is 0 Å². The summed E-state index contributed by atoms with van der Waals surface area (Å²) in [7, 11) is 0. The van der Waals surface area contributed by atoms with Gasteiger partial charge < -0.3 is 46.6 Å². The van der Waals surface area contributed by atoms with E-state index in [1.54, 1.807) is 0 Å². The van der Waals surface area contributed by atoms with Crippen LogP contribution in [-0.2, 0) is 30.7 Å². The van der Waals surface area contributed by atoms with Gasteiger partial charge in [0.1, 0.15) is 12.2 Å². The topological polar surface area (TPSA) is 189 Å². The Hall–Kier alpha value is -0.412. The number of rotatable bonds is 5. The maximum absolute atomic E-state index is 10.5. The summed E-state index contributed by atoms with van der Waals surface area (Å²) in [6, 6.07) is -0.160. The molecule has 0 aliphatic heterocycles. The van der Waals surface area contributed by atoms with Crippen LogP contribution in [0.2, 0.25) is 0 Å². The van der Waals surface area contributed by atoms with Crippen molar-refractivity contribution in [1.82, 2.24) is 0 Å². The molecule has 1 fully saturated rings. The molecule has 0 heterocycles. The summed E-state index contributed by atoms with van der Waals surface area (Å²) >= 11 is 0. The van der Waals surface area contributed by atoms with E-state index in [2.05, 4.69) is 0 Å². The minimum atomic E-state index is -2.61. The number of aldehydes is 1. The van der Waals surface area contributed by atoms with E-state index >= 15 is 0 Å². The van der Waals surface area contributed by atoms with Gasteiger partial charge in [-0.05, 0) is 0 Å². The van der Waals surface area contributed by atoms with Gasteiger partial charge in [0.05, 0.1) is 6.10 Å². The second-order valence-electron chi connectivity index (χ2n) is 4.84. The monoisotopic (exact) mass is 499 g/mol. The molecular weight excluding hydrogens is 479 g/mol. The molecule has 6 atom stereocenters. The first kappa shape index (κ1) is 23.8. The predicted molar refractivity (Wildman–Crippen MR) is 67.6 cm³/mol. The number of carboxylic acid groups (broad SMARTS) is 1.